The summed E-state index contributed by atoms with van der Waals surface area (Å²) in [6.07, 6.45) is 16.1. The smallest absolute Gasteiger partial charge is 0.107 e. The van der Waals surface area contributed by atoms with Crippen LogP contribution < -0.4 is 15.9 Å². The maximum atomic E-state index is 3.99. The molecule has 3 aromatic carbocycles. The molecule has 1 unspecified atom stereocenters. The zero-order valence-corrected chi connectivity index (χ0v) is 26.6. The molecule has 3 aromatic rings. The predicted octanol–water partition coefficient (Wildman–Crippen LogP) is 9.30. The van der Waals surface area contributed by atoms with Crippen LogP contribution in [-0.2, 0) is 0 Å². The Morgan fingerprint density at radius 2 is 1.05 bits per heavy atom. The fraction of sp³-hybridized carbons (Fsp3) is 0.444. The SMILES string of the molecule is C=CC[C@H]1CC[C@H]([C@H]2CC[C@H](C(CC)[PH](c3ccccc3)(c3ccccc3)c3ccccc3)CC2)CC1.I. The van der Waals surface area contributed by atoms with Crippen LogP contribution in [0.25, 0.3) is 0 Å². The van der Waals surface area contributed by atoms with Crippen molar-refractivity contribution < 1.29 is 0 Å². The summed E-state index contributed by atoms with van der Waals surface area (Å²) >= 11 is 0. The molecule has 2 heteroatoms. The molecule has 0 aliphatic heterocycles. The third-order valence-electron chi connectivity index (χ3n) is 10.1. The van der Waals surface area contributed by atoms with Crippen LogP contribution in [0.3, 0.4) is 0 Å². The molecule has 0 spiro atoms. The summed E-state index contributed by atoms with van der Waals surface area (Å²) < 4.78 is 0. The fourth-order valence-corrected chi connectivity index (χ4v) is 14.5. The summed E-state index contributed by atoms with van der Waals surface area (Å²) in [5, 5.41) is 4.76. The van der Waals surface area contributed by atoms with Crippen molar-refractivity contribution in [1.29, 1.82) is 0 Å². The van der Waals surface area contributed by atoms with Crippen LogP contribution in [0.1, 0.15) is 71.1 Å². The van der Waals surface area contributed by atoms with Gasteiger partial charge in [-0.1, -0.05) is 0 Å². The number of allylic oxidation sites excluding steroid dienone is 1. The maximum Gasteiger partial charge on any atom is -0.107 e. The van der Waals surface area contributed by atoms with E-state index in [4.69, 9.17) is 0 Å². The summed E-state index contributed by atoms with van der Waals surface area (Å²) in [5.74, 6) is 3.65. The molecule has 0 aromatic heterocycles. The van der Waals surface area contributed by atoms with Gasteiger partial charge in [-0.25, -0.2) is 0 Å². The minimum absolute atomic E-state index is 0. The second-order valence-corrected chi connectivity index (χ2v) is 16.0. The molecule has 2 aliphatic carbocycles. The Labute approximate surface area is 250 Å². The first kappa shape index (κ1) is 29.5. The van der Waals surface area contributed by atoms with Gasteiger partial charge < -0.3 is 0 Å². The molecule has 0 heterocycles. The van der Waals surface area contributed by atoms with Crippen molar-refractivity contribution in [3.05, 3.63) is 104 Å². The normalized spacial score (nSPS) is 25.1. The average molecular weight is 639 g/mol. The Morgan fingerprint density at radius 3 is 1.42 bits per heavy atom. The van der Waals surface area contributed by atoms with Crippen molar-refractivity contribution in [2.24, 2.45) is 23.7 Å². The minimum atomic E-state index is -2.23. The summed E-state index contributed by atoms with van der Waals surface area (Å²) in [5.41, 5.74) is 0.712. The van der Waals surface area contributed by atoms with Crippen LogP contribution in [0.4, 0.5) is 0 Å². The van der Waals surface area contributed by atoms with Crippen LogP contribution in [0.15, 0.2) is 104 Å². The van der Waals surface area contributed by atoms with Crippen molar-refractivity contribution in [3.8, 4) is 0 Å². The van der Waals surface area contributed by atoms with Crippen molar-refractivity contribution in [1.82, 2.24) is 0 Å². The van der Waals surface area contributed by atoms with Gasteiger partial charge in [0.25, 0.3) is 0 Å². The molecule has 5 rings (SSSR count). The zero-order valence-electron chi connectivity index (χ0n) is 23.3. The third-order valence-corrected chi connectivity index (χ3v) is 15.9. The molecule has 38 heavy (non-hydrogen) atoms. The first-order valence-corrected chi connectivity index (χ1v) is 17.1. The van der Waals surface area contributed by atoms with Gasteiger partial charge in [0.2, 0.25) is 0 Å². The van der Waals surface area contributed by atoms with Crippen LogP contribution in [-0.4, -0.2) is 5.66 Å². The van der Waals surface area contributed by atoms with Crippen molar-refractivity contribution >= 4 is 47.2 Å². The van der Waals surface area contributed by atoms with Gasteiger partial charge in [0.1, 0.15) is 0 Å². The molecule has 1 atom stereocenters. The van der Waals surface area contributed by atoms with Crippen LogP contribution in [0, 0.1) is 23.7 Å². The standard InChI is InChI=1S/C36H47P.HI/c1-3-14-29-21-23-30(24-22-29)31-25-27-32(28-26-31)36(4-2)37(33-15-8-5-9-16-33,34-17-10-6-11-18-34)35-19-12-7-13-20-35;/h3,5-13,15-20,29-32,36-37H,1,4,14,21-28H2,2H3;1H/t29-,30-,31-,32-,36?;. The second-order valence-electron chi connectivity index (χ2n) is 11.9. The molecule has 2 saturated carbocycles. The van der Waals surface area contributed by atoms with Crippen LogP contribution in [0.5, 0.6) is 0 Å². The fourth-order valence-electron chi connectivity index (χ4n) is 8.39. The third kappa shape index (κ3) is 6.15. The molecule has 2 fully saturated rings. The van der Waals surface area contributed by atoms with E-state index in [1.54, 1.807) is 15.9 Å². The number of benzene rings is 3. The quantitative estimate of drug-likeness (QED) is 0.125. The van der Waals surface area contributed by atoms with Crippen molar-refractivity contribution in [2.75, 3.05) is 0 Å². The molecule has 0 radical (unpaired) electrons. The van der Waals surface area contributed by atoms with Crippen LogP contribution >= 0.6 is 31.2 Å². The number of rotatable bonds is 9. The van der Waals surface area contributed by atoms with E-state index in [1.165, 1.54) is 64.2 Å². The number of hydrogen-bond donors (Lipinski definition) is 0. The molecule has 2 aliphatic rings. The molecule has 0 bridgehead atoms. The molecule has 0 N–H and O–H groups in total. The molecule has 0 nitrogen and oxygen atoms in total. The van der Waals surface area contributed by atoms with Gasteiger partial charge in [0.15, 0.2) is 0 Å². The first-order valence-electron chi connectivity index (χ1n) is 15.0. The van der Waals surface area contributed by atoms with E-state index in [0.717, 1.165) is 23.7 Å². The van der Waals surface area contributed by atoms with E-state index in [0.29, 0.717) is 5.66 Å². The predicted molar refractivity (Wildman–Crippen MR) is 182 cm³/mol. The first-order chi connectivity index (χ1) is 18.3. The molecular formula is C36H48IP. The Morgan fingerprint density at radius 1 is 0.658 bits per heavy atom. The van der Waals surface area contributed by atoms with Gasteiger partial charge >= 0.3 is 227 Å². The van der Waals surface area contributed by atoms with E-state index < -0.39 is 7.26 Å². The minimum Gasteiger partial charge on any atom is -0.107 e. The summed E-state index contributed by atoms with van der Waals surface area (Å²) in [6, 6.07) is 34.9. The Kier molecular flexibility index (Phi) is 11.1. The van der Waals surface area contributed by atoms with E-state index in [1.807, 2.05) is 0 Å². The molecule has 0 saturated heterocycles. The molecule has 204 valence electrons. The zero-order chi connectivity index (χ0) is 25.5. The topological polar surface area (TPSA) is 0 Å². The van der Waals surface area contributed by atoms with Gasteiger partial charge in [0.05, 0.1) is 0 Å². The number of hydrogen-bond acceptors (Lipinski definition) is 0. The molecular weight excluding hydrogens is 590 g/mol. The molecule has 0 amide bonds. The van der Waals surface area contributed by atoms with Gasteiger partial charge in [-0.05, 0) is 0 Å². The summed E-state index contributed by atoms with van der Waals surface area (Å²) in [7, 11) is -2.23. The average Bonchev–Trinajstić information content (AvgIpc) is 2.98. The summed E-state index contributed by atoms with van der Waals surface area (Å²) in [4.78, 5) is 0. The van der Waals surface area contributed by atoms with E-state index in [-0.39, 0.29) is 24.0 Å². The Hall–Kier alpha value is -1.44. The van der Waals surface area contributed by atoms with Gasteiger partial charge in [0, 0.05) is 0 Å². The second kappa shape index (κ2) is 14.3. The van der Waals surface area contributed by atoms with E-state index in [2.05, 4.69) is 111 Å². The Balaban J connectivity index is 0.00000336. The van der Waals surface area contributed by atoms with E-state index >= 15 is 0 Å². The van der Waals surface area contributed by atoms with Gasteiger partial charge in [-0.3, -0.25) is 0 Å². The summed E-state index contributed by atoms with van der Waals surface area (Å²) in [6.45, 7) is 6.47. The van der Waals surface area contributed by atoms with E-state index in [9.17, 15) is 0 Å². The van der Waals surface area contributed by atoms with Gasteiger partial charge in [-0.2, -0.15) is 0 Å². The maximum absolute atomic E-state index is 3.99. The number of halogens is 1. The van der Waals surface area contributed by atoms with Crippen molar-refractivity contribution in [3.63, 3.8) is 0 Å². The Bertz CT molecular complexity index is 983. The largest absolute Gasteiger partial charge is 0.107 e. The van der Waals surface area contributed by atoms with Gasteiger partial charge in [-0.15, -0.1) is 24.0 Å². The monoisotopic (exact) mass is 638 g/mol. The van der Waals surface area contributed by atoms with Crippen molar-refractivity contribution in [2.45, 2.75) is 76.8 Å². The van der Waals surface area contributed by atoms with Crippen LogP contribution in [0.2, 0.25) is 0 Å².